The second-order valence-electron chi connectivity index (χ2n) is 5.34. The SMILES string of the molecule is O=C(O)c1ccccc1C(=O)N[C@@H](Cc1ccc([N+](=O)[O-])cc1)C(=O)O. The molecule has 9 nitrogen and oxygen atoms in total. The highest BCUT2D eigenvalue weighted by Gasteiger charge is 2.24. The standard InChI is InChI=1S/C17H14N2O7/c20-15(12-3-1-2-4-13(12)16(21)22)18-14(17(23)24)9-10-5-7-11(8-6-10)19(25)26/h1-8,14H,9H2,(H,18,20)(H,21,22)(H,23,24)/t14-/m0/s1. The number of amides is 1. The van der Waals surface area contributed by atoms with Gasteiger partial charge in [-0.2, -0.15) is 0 Å². The van der Waals surface area contributed by atoms with Gasteiger partial charge < -0.3 is 15.5 Å². The number of rotatable bonds is 7. The summed E-state index contributed by atoms with van der Waals surface area (Å²) in [5.74, 6) is -3.46. The number of nitro benzene ring substituents is 1. The van der Waals surface area contributed by atoms with E-state index in [1.54, 1.807) is 0 Å². The molecule has 2 rings (SSSR count). The topological polar surface area (TPSA) is 147 Å². The van der Waals surface area contributed by atoms with Crippen molar-refractivity contribution in [3.63, 3.8) is 0 Å². The molecule has 0 fully saturated rings. The minimum Gasteiger partial charge on any atom is -0.480 e. The molecule has 1 atom stereocenters. The third kappa shape index (κ3) is 4.41. The Bertz CT molecular complexity index is 862. The molecule has 0 saturated carbocycles. The first-order valence-electron chi connectivity index (χ1n) is 7.39. The summed E-state index contributed by atoms with van der Waals surface area (Å²) < 4.78 is 0. The Balaban J connectivity index is 2.18. The van der Waals surface area contributed by atoms with Crippen molar-refractivity contribution in [2.45, 2.75) is 12.5 Å². The van der Waals surface area contributed by atoms with Crippen LogP contribution in [-0.4, -0.2) is 39.0 Å². The smallest absolute Gasteiger partial charge is 0.336 e. The van der Waals surface area contributed by atoms with Crippen molar-refractivity contribution >= 4 is 23.5 Å². The average Bonchev–Trinajstić information content (AvgIpc) is 2.61. The molecule has 3 N–H and O–H groups in total. The number of aromatic carboxylic acids is 1. The van der Waals surface area contributed by atoms with Crippen LogP contribution in [0.5, 0.6) is 0 Å². The van der Waals surface area contributed by atoms with Crippen LogP contribution in [0.3, 0.4) is 0 Å². The summed E-state index contributed by atoms with van der Waals surface area (Å²) in [6, 6.07) is 9.36. The molecule has 0 radical (unpaired) electrons. The van der Waals surface area contributed by atoms with Crippen molar-refractivity contribution in [3.05, 3.63) is 75.3 Å². The molecule has 26 heavy (non-hydrogen) atoms. The lowest BCUT2D eigenvalue weighted by Crippen LogP contribution is -2.42. The molecule has 0 unspecified atom stereocenters. The van der Waals surface area contributed by atoms with Gasteiger partial charge in [-0.1, -0.05) is 24.3 Å². The van der Waals surface area contributed by atoms with Crippen molar-refractivity contribution in [2.24, 2.45) is 0 Å². The van der Waals surface area contributed by atoms with Crippen LogP contribution < -0.4 is 5.32 Å². The van der Waals surface area contributed by atoms with E-state index >= 15 is 0 Å². The Hall–Kier alpha value is -3.75. The highest BCUT2D eigenvalue weighted by molar-refractivity contribution is 6.05. The Labute approximate surface area is 147 Å². The molecule has 0 heterocycles. The monoisotopic (exact) mass is 358 g/mol. The number of hydrogen-bond donors (Lipinski definition) is 3. The molecule has 0 bridgehead atoms. The minimum atomic E-state index is -1.33. The lowest BCUT2D eigenvalue weighted by molar-refractivity contribution is -0.384. The second kappa shape index (κ2) is 7.88. The first-order chi connectivity index (χ1) is 12.3. The quantitative estimate of drug-likeness (QED) is 0.504. The van der Waals surface area contributed by atoms with Crippen LogP contribution in [0.1, 0.15) is 26.3 Å². The van der Waals surface area contributed by atoms with Crippen LogP contribution in [0.2, 0.25) is 0 Å². The summed E-state index contributed by atoms with van der Waals surface area (Å²) in [7, 11) is 0. The number of carbonyl (C=O) groups is 3. The van der Waals surface area contributed by atoms with E-state index in [9.17, 15) is 29.6 Å². The molecule has 0 aliphatic rings. The summed E-state index contributed by atoms with van der Waals surface area (Å²) in [6.45, 7) is 0. The lowest BCUT2D eigenvalue weighted by atomic mass is 10.0. The van der Waals surface area contributed by atoms with Gasteiger partial charge in [-0.05, 0) is 17.7 Å². The molecule has 0 saturated heterocycles. The Morgan fingerprint density at radius 1 is 1.00 bits per heavy atom. The van der Waals surface area contributed by atoms with Crippen LogP contribution in [0.25, 0.3) is 0 Å². The molecule has 2 aromatic rings. The van der Waals surface area contributed by atoms with Gasteiger partial charge in [-0.3, -0.25) is 14.9 Å². The van der Waals surface area contributed by atoms with E-state index in [-0.39, 0.29) is 23.2 Å². The summed E-state index contributed by atoms with van der Waals surface area (Å²) in [6.07, 6.45) is -0.117. The highest BCUT2D eigenvalue weighted by atomic mass is 16.6. The van der Waals surface area contributed by atoms with Crippen LogP contribution in [0.4, 0.5) is 5.69 Å². The van der Waals surface area contributed by atoms with E-state index < -0.39 is 28.8 Å². The fourth-order valence-corrected chi connectivity index (χ4v) is 2.29. The van der Waals surface area contributed by atoms with Gasteiger partial charge in [0.05, 0.1) is 16.1 Å². The molecule has 134 valence electrons. The van der Waals surface area contributed by atoms with Crippen LogP contribution in [-0.2, 0) is 11.2 Å². The maximum Gasteiger partial charge on any atom is 0.336 e. The van der Waals surface area contributed by atoms with Crippen LogP contribution in [0, 0.1) is 10.1 Å². The Kier molecular flexibility index (Phi) is 5.63. The van der Waals surface area contributed by atoms with E-state index in [1.165, 1.54) is 48.5 Å². The number of non-ortho nitro benzene ring substituents is 1. The molecule has 0 aromatic heterocycles. The largest absolute Gasteiger partial charge is 0.480 e. The molecule has 9 heteroatoms. The molecule has 0 aliphatic heterocycles. The van der Waals surface area contributed by atoms with Gasteiger partial charge in [0.2, 0.25) is 0 Å². The zero-order valence-electron chi connectivity index (χ0n) is 13.3. The van der Waals surface area contributed by atoms with E-state index in [1.807, 2.05) is 0 Å². The van der Waals surface area contributed by atoms with Gasteiger partial charge in [-0.15, -0.1) is 0 Å². The molecule has 0 aliphatic carbocycles. The van der Waals surface area contributed by atoms with E-state index in [0.29, 0.717) is 5.56 Å². The van der Waals surface area contributed by atoms with Crippen molar-refractivity contribution in [2.75, 3.05) is 0 Å². The summed E-state index contributed by atoms with van der Waals surface area (Å²) >= 11 is 0. The summed E-state index contributed by atoms with van der Waals surface area (Å²) in [5.41, 5.74) is -0.0747. The van der Waals surface area contributed by atoms with E-state index in [2.05, 4.69) is 5.32 Å². The predicted octanol–water partition coefficient (Wildman–Crippen LogP) is 1.72. The van der Waals surface area contributed by atoms with Gasteiger partial charge in [0.1, 0.15) is 6.04 Å². The number of carboxylic acid groups (broad SMARTS) is 2. The molecular formula is C17H14N2O7. The number of benzene rings is 2. The number of carbonyl (C=O) groups excluding carboxylic acids is 1. The zero-order valence-corrected chi connectivity index (χ0v) is 13.3. The number of aliphatic carboxylic acids is 1. The predicted molar refractivity (Wildman–Crippen MR) is 89.1 cm³/mol. The fourth-order valence-electron chi connectivity index (χ4n) is 2.29. The number of nitro groups is 1. The second-order valence-corrected chi connectivity index (χ2v) is 5.34. The summed E-state index contributed by atoms with van der Waals surface area (Å²) in [4.78, 5) is 44.9. The van der Waals surface area contributed by atoms with Crippen molar-refractivity contribution < 1.29 is 29.5 Å². The number of nitrogens with one attached hydrogen (secondary N) is 1. The first-order valence-corrected chi connectivity index (χ1v) is 7.39. The molecule has 1 amide bonds. The Morgan fingerprint density at radius 2 is 1.58 bits per heavy atom. The highest BCUT2D eigenvalue weighted by Crippen LogP contribution is 2.14. The third-order valence-corrected chi connectivity index (χ3v) is 3.59. The fraction of sp³-hybridized carbons (Fsp3) is 0.118. The average molecular weight is 358 g/mol. The summed E-state index contributed by atoms with van der Waals surface area (Å²) in [5, 5.41) is 31.3. The van der Waals surface area contributed by atoms with Crippen molar-refractivity contribution in [1.82, 2.24) is 5.32 Å². The maximum absolute atomic E-state index is 12.3. The molecular weight excluding hydrogens is 344 g/mol. The molecule has 2 aromatic carbocycles. The lowest BCUT2D eigenvalue weighted by Gasteiger charge is -2.15. The van der Waals surface area contributed by atoms with E-state index in [0.717, 1.165) is 0 Å². The van der Waals surface area contributed by atoms with Gasteiger partial charge in [-0.25, -0.2) is 9.59 Å². The van der Waals surface area contributed by atoms with Gasteiger partial charge in [0.25, 0.3) is 11.6 Å². The normalized spacial score (nSPS) is 11.4. The van der Waals surface area contributed by atoms with E-state index in [4.69, 9.17) is 5.11 Å². The Morgan fingerprint density at radius 3 is 2.08 bits per heavy atom. The molecule has 0 spiro atoms. The third-order valence-electron chi connectivity index (χ3n) is 3.59. The zero-order chi connectivity index (χ0) is 19.3. The van der Waals surface area contributed by atoms with Crippen LogP contribution in [0.15, 0.2) is 48.5 Å². The number of nitrogens with zero attached hydrogens (tertiary/aromatic N) is 1. The first kappa shape index (κ1) is 18.6. The van der Waals surface area contributed by atoms with Gasteiger partial charge in [0, 0.05) is 18.6 Å². The van der Waals surface area contributed by atoms with Crippen molar-refractivity contribution in [3.8, 4) is 0 Å². The number of hydrogen-bond acceptors (Lipinski definition) is 5. The minimum absolute atomic E-state index is 0.117. The van der Waals surface area contributed by atoms with Crippen LogP contribution >= 0.6 is 0 Å². The van der Waals surface area contributed by atoms with Crippen molar-refractivity contribution in [1.29, 1.82) is 0 Å². The van der Waals surface area contributed by atoms with Gasteiger partial charge in [0.15, 0.2) is 0 Å². The van der Waals surface area contributed by atoms with Gasteiger partial charge >= 0.3 is 11.9 Å². The maximum atomic E-state index is 12.3. The number of carboxylic acids is 2.